The number of nitrogens with one attached hydrogen (secondary N) is 2. The van der Waals surface area contributed by atoms with Gasteiger partial charge in [0.15, 0.2) is 0 Å². The zero-order chi connectivity index (χ0) is 20.1. The van der Waals surface area contributed by atoms with E-state index in [4.69, 9.17) is 0 Å². The van der Waals surface area contributed by atoms with Gasteiger partial charge < -0.3 is 10.6 Å². The van der Waals surface area contributed by atoms with Gasteiger partial charge in [-0.15, -0.1) is 0 Å². The van der Waals surface area contributed by atoms with E-state index in [1.54, 1.807) is 13.8 Å². The Bertz CT molecular complexity index is 822. The third-order valence-electron chi connectivity index (χ3n) is 4.16. The largest absolute Gasteiger partial charge is 0.348 e. The van der Waals surface area contributed by atoms with Crippen LogP contribution in [0, 0.1) is 17.6 Å². The van der Waals surface area contributed by atoms with E-state index in [2.05, 4.69) is 26.6 Å². The normalized spacial score (nSPS) is 13.1. The average molecular weight is 439 g/mol. The quantitative estimate of drug-likeness (QED) is 0.703. The van der Waals surface area contributed by atoms with Crippen molar-refractivity contribution in [3.63, 3.8) is 0 Å². The fraction of sp³-hybridized carbons (Fsp3) is 0.300. The van der Waals surface area contributed by atoms with Gasteiger partial charge in [0.05, 0.1) is 6.04 Å². The molecule has 0 saturated carbocycles. The minimum absolute atomic E-state index is 0.282. The molecule has 0 aliphatic heterocycles. The predicted molar refractivity (Wildman–Crippen MR) is 103 cm³/mol. The monoisotopic (exact) mass is 438 g/mol. The SMILES string of the molecule is CC(NC(=O)C(NC(=O)c1c(F)cccc1F)C(C)C)c1ccccc1Br. The lowest BCUT2D eigenvalue weighted by molar-refractivity contribution is -0.124. The van der Waals surface area contributed by atoms with Crippen molar-refractivity contribution in [2.75, 3.05) is 0 Å². The topological polar surface area (TPSA) is 58.2 Å². The fourth-order valence-electron chi connectivity index (χ4n) is 2.67. The van der Waals surface area contributed by atoms with Crippen LogP contribution in [0.25, 0.3) is 0 Å². The first-order valence-corrected chi connectivity index (χ1v) is 9.31. The number of rotatable bonds is 6. The van der Waals surface area contributed by atoms with Gasteiger partial charge in [0.1, 0.15) is 23.2 Å². The Morgan fingerprint density at radius 3 is 2.07 bits per heavy atom. The van der Waals surface area contributed by atoms with Crippen molar-refractivity contribution >= 4 is 27.7 Å². The van der Waals surface area contributed by atoms with E-state index in [0.717, 1.165) is 22.2 Å². The van der Waals surface area contributed by atoms with E-state index < -0.39 is 35.1 Å². The van der Waals surface area contributed by atoms with Crippen molar-refractivity contribution in [2.45, 2.75) is 32.9 Å². The second-order valence-corrected chi connectivity index (χ2v) is 7.40. The summed E-state index contributed by atoms with van der Waals surface area (Å²) in [6.45, 7) is 5.30. The van der Waals surface area contributed by atoms with Crippen molar-refractivity contribution in [3.05, 3.63) is 69.7 Å². The molecule has 0 heterocycles. The van der Waals surface area contributed by atoms with E-state index in [-0.39, 0.29) is 12.0 Å². The van der Waals surface area contributed by atoms with Crippen LogP contribution in [0.2, 0.25) is 0 Å². The molecule has 0 fully saturated rings. The number of benzene rings is 2. The first-order valence-electron chi connectivity index (χ1n) is 8.52. The van der Waals surface area contributed by atoms with Gasteiger partial charge in [0.2, 0.25) is 5.91 Å². The molecule has 0 saturated heterocycles. The van der Waals surface area contributed by atoms with Gasteiger partial charge in [-0.1, -0.05) is 54.0 Å². The van der Waals surface area contributed by atoms with Crippen molar-refractivity contribution in [3.8, 4) is 0 Å². The maximum Gasteiger partial charge on any atom is 0.257 e. The molecule has 0 spiro atoms. The highest BCUT2D eigenvalue weighted by Crippen LogP contribution is 2.23. The van der Waals surface area contributed by atoms with Gasteiger partial charge in [0, 0.05) is 4.47 Å². The van der Waals surface area contributed by atoms with E-state index in [1.165, 1.54) is 6.07 Å². The lowest BCUT2D eigenvalue weighted by atomic mass is 10.0. The van der Waals surface area contributed by atoms with Gasteiger partial charge in [-0.25, -0.2) is 8.78 Å². The molecule has 0 bridgehead atoms. The summed E-state index contributed by atoms with van der Waals surface area (Å²) in [5.41, 5.74) is 0.176. The van der Waals surface area contributed by atoms with Gasteiger partial charge in [-0.2, -0.15) is 0 Å². The maximum absolute atomic E-state index is 13.8. The number of amides is 2. The van der Waals surface area contributed by atoms with E-state index in [9.17, 15) is 18.4 Å². The molecular formula is C20H21BrF2N2O2. The summed E-state index contributed by atoms with van der Waals surface area (Å²) in [4.78, 5) is 25.0. The Morgan fingerprint density at radius 1 is 0.926 bits per heavy atom. The fourth-order valence-corrected chi connectivity index (χ4v) is 3.30. The standard InChI is InChI=1S/C20H21BrF2N2O2/c1-11(2)18(25-19(26)17-15(22)9-6-10-16(17)23)20(27)24-12(3)13-7-4-5-8-14(13)21/h4-12,18H,1-3H3,(H,24,27)(H,25,26). The minimum atomic E-state index is -0.975. The zero-order valence-corrected chi connectivity index (χ0v) is 16.8. The van der Waals surface area contributed by atoms with Gasteiger partial charge in [-0.3, -0.25) is 9.59 Å². The van der Waals surface area contributed by atoms with Crippen LogP contribution in [0.1, 0.15) is 42.7 Å². The molecule has 144 valence electrons. The number of halogens is 3. The summed E-state index contributed by atoms with van der Waals surface area (Å²) in [6.07, 6.45) is 0. The van der Waals surface area contributed by atoms with Crippen LogP contribution in [-0.4, -0.2) is 17.9 Å². The Morgan fingerprint density at radius 2 is 1.52 bits per heavy atom. The van der Waals surface area contributed by atoms with Crippen molar-refractivity contribution in [1.82, 2.24) is 10.6 Å². The molecule has 2 atom stereocenters. The molecule has 0 aliphatic rings. The van der Waals surface area contributed by atoms with Crippen LogP contribution in [0.3, 0.4) is 0 Å². The second kappa shape index (κ2) is 9.08. The van der Waals surface area contributed by atoms with Crippen LogP contribution in [0.4, 0.5) is 8.78 Å². The lowest BCUT2D eigenvalue weighted by Gasteiger charge is -2.24. The highest BCUT2D eigenvalue weighted by molar-refractivity contribution is 9.10. The summed E-state index contributed by atoms with van der Waals surface area (Å²) in [6, 6.07) is 9.35. The molecule has 7 heteroatoms. The number of hydrogen-bond acceptors (Lipinski definition) is 2. The Kier molecular flexibility index (Phi) is 7.07. The zero-order valence-electron chi connectivity index (χ0n) is 15.2. The van der Waals surface area contributed by atoms with E-state index >= 15 is 0 Å². The van der Waals surface area contributed by atoms with Crippen LogP contribution >= 0.6 is 15.9 Å². The molecular weight excluding hydrogens is 418 g/mol. The number of carbonyl (C=O) groups is 2. The molecule has 4 nitrogen and oxygen atoms in total. The molecule has 2 aromatic rings. The first kappa shape index (κ1) is 21.0. The third-order valence-corrected chi connectivity index (χ3v) is 4.88. The summed E-state index contributed by atoms with van der Waals surface area (Å²) in [5, 5.41) is 5.28. The highest BCUT2D eigenvalue weighted by atomic mass is 79.9. The molecule has 2 aromatic carbocycles. The van der Waals surface area contributed by atoms with Gasteiger partial charge >= 0.3 is 0 Å². The van der Waals surface area contributed by atoms with E-state index in [0.29, 0.717) is 0 Å². The van der Waals surface area contributed by atoms with Gasteiger partial charge in [0.25, 0.3) is 5.91 Å². The summed E-state index contributed by atoms with van der Waals surface area (Å²) in [7, 11) is 0. The molecule has 0 aliphatic carbocycles. The second-order valence-electron chi connectivity index (χ2n) is 6.54. The minimum Gasteiger partial charge on any atom is -0.348 e. The predicted octanol–water partition coefficient (Wildman–Crippen LogP) is 4.36. The van der Waals surface area contributed by atoms with E-state index in [1.807, 2.05) is 31.2 Å². The van der Waals surface area contributed by atoms with Crippen molar-refractivity contribution in [2.24, 2.45) is 5.92 Å². The third kappa shape index (κ3) is 5.13. The molecule has 2 unspecified atom stereocenters. The Balaban J connectivity index is 2.16. The summed E-state index contributed by atoms with van der Waals surface area (Å²) >= 11 is 3.44. The smallest absolute Gasteiger partial charge is 0.257 e. The summed E-state index contributed by atoms with van der Waals surface area (Å²) < 4.78 is 28.5. The molecule has 2 N–H and O–H groups in total. The lowest BCUT2D eigenvalue weighted by Crippen LogP contribution is -2.50. The summed E-state index contributed by atoms with van der Waals surface area (Å²) in [5.74, 6) is -3.63. The maximum atomic E-state index is 13.8. The van der Waals surface area contributed by atoms with Crippen LogP contribution in [0.5, 0.6) is 0 Å². The molecule has 0 radical (unpaired) electrons. The molecule has 27 heavy (non-hydrogen) atoms. The van der Waals surface area contributed by atoms with Crippen molar-refractivity contribution in [1.29, 1.82) is 0 Å². The highest BCUT2D eigenvalue weighted by Gasteiger charge is 2.28. The average Bonchev–Trinajstić information content (AvgIpc) is 2.59. The molecule has 0 aromatic heterocycles. The Hall–Kier alpha value is -2.28. The number of hydrogen-bond donors (Lipinski definition) is 2. The van der Waals surface area contributed by atoms with Crippen LogP contribution in [0.15, 0.2) is 46.9 Å². The molecule has 2 rings (SSSR count). The van der Waals surface area contributed by atoms with Gasteiger partial charge in [-0.05, 0) is 36.6 Å². The van der Waals surface area contributed by atoms with Crippen molar-refractivity contribution < 1.29 is 18.4 Å². The first-order chi connectivity index (χ1) is 12.7. The van der Waals surface area contributed by atoms with Crippen LogP contribution < -0.4 is 10.6 Å². The Labute approximate surface area is 165 Å². The molecule has 2 amide bonds. The van der Waals surface area contributed by atoms with Crippen LogP contribution in [-0.2, 0) is 4.79 Å². The number of carbonyl (C=O) groups excluding carboxylic acids is 2.